The fourth-order valence-corrected chi connectivity index (χ4v) is 3.75. The van der Waals surface area contributed by atoms with Gasteiger partial charge in [-0.05, 0) is 26.0 Å². The van der Waals surface area contributed by atoms with E-state index in [2.05, 4.69) is 10.1 Å². The maximum Gasteiger partial charge on any atom is 0.261 e. The summed E-state index contributed by atoms with van der Waals surface area (Å²) in [5.41, 5.74) is 1.80. The van der Waals surface area contributed by atoms with Gasteiger partial charge in [0, 0.05) is 37.3 Å². The normalized spacial score (nSPS) is 12.9. The summed E-state index contributed by atoms with van der Waals surface area (Å²) in [6, 6.07) is 5.92. The third-order valence-electron chi connectivity index (χ3n) is 5.17. The Morgan fingerprint density at radius 2 is 2.09 bits per heavy atom. The van der Waals surface area contributed by atoms with Gasteiger partial charge in [-0.1, -0.05) is 0 Å². The van der Waals surface area contributed by atoms with Gasteiger partial charge in [0.1, 0.15) is 23.2 Å². The van der Waals surface area contributed by atoms with Crippen molar-refractivity contribution < 1.29 is 23.0 Å². The van der Waals surface area contributed by atoms with Crippen LogP contribution in [0.4, 0.5) is 8.78 Å². The van der Waals surface area contributed by atoms with Crippen molar-refractivity contribution in [2.24, 2.45) is 0 Å². The average Bonchev–Trinajstić information content (AvgIpc) is 3.20. The first-order valence-electron chi connectivity index (χ1n) is 10.3. The number of hydrogen-bond acceptors (Lipinski definition) is 6. The van der Waals surface area contributed by atoms with Crippen molar-refractivity contribution in [1.29, 1.82) is 5.26 Å². The van der Waals surface area contributed by atoms with E-state index in [-0.39, 0.29) is 41.3 Å². The van der Waals surface area contributed by atoms with Crippen molar-refractivity contribution in [3.63, 3.8) is 0 Å². The number of aromatic nitrogens is 3. The Labute approximate surface area is 189 Å². The van der Waals surface area contributed by atoms with Gasteiger partial charge in [-0.15, -0.1) is 0 Å². The van der Waals surface area contributed by atoms with E-state index >= 15 is 0 Å². The summed E-state index contributed by atoms with van der Waals surface area (Å²) in [6.45, 7) is 4.23. The number of fused-ring (bicyclic) bond motifs is 1. The molecule has 1 aromatic carbocycles. The molecule has 170 valence electrons. The van der Waals surface area contributed by atoms with Gasteiger partial charge >= 0.3 is 0 Å². The predicted octanol–water partition coefficient (Wildman–Crippen LogP) is 3.41. The zero-order chi connectivity index (χ0) is 23.7. The summed E-state index contributed by atoms with van der Waals surface area (Å²) in [6.07, 6.45) is 2.72. The van der Waals surface area contributed by atoms with E-state index in [1.807, 2.05) is 19.9 Å². The number of hydrogen-bond donors (Lipinski definition) is 0. The number of pyridine rings is 1. The van der Waals surface area contributed by atoms with E-state index < -0.39 is 11.6 Å². The van der Waals surface area contributed by atoms with Crippen LogP contribution in [0, 0.1) is 23.0 Å². The van der Waals surface area contributed by atoms with E-state index in [0.29, 0.717) is 30.0 Å². The van der Waals surface area contributed by atoms with Gasteiger partial charge < -0.3 is 14.4 Å². The number of benzene rings is 1. The van der Waals surface area contributed by atoms with Crippen LogP contribution in [0.2, 0.25) is 0 Å². The number of amides is 1. The van der Waals surface area contributed by atoms with Crippen molar-refractivity contribution in [2.45, 2.75) is 32.9 Å². The number of carbonyl (C=O) groups is 1. The molecule has 3 aromatic rings. The minimum atomic E-state index is -0.837. The third-order valence-corrected chi connectivity index (χ3v) is 5.17. The van der Waals surface area contributed by atoms with Gasteiger partial charge in [-0.25, -0.2) is 18.4 Å². The smallest absolute Gasteiger partial charge is 0.261 e. The third kappa shape index (κ3) is 4.22. The van der Waals surface area contributed by atoms with Crippen molar-refractivity contribution in [1.82, 2.24) is 19.7 Å². The molecule has 2 aromatic heterocycles. The summed E-state index contributed by atoms with van der Waals surface area (Å²) in [5, 5.41) is 13.8. The van der Waals surface area contributed by atoms with E-state index in [9.17, 15) is 18.8 Å². The fraction of sp³-hybridized carbons (Fsp3) is 0.304. The molecular formula is C23H21F2N5O3. The minimum Gasteiger partial charge on any atom is -0.494 e. The van der Waals surface area contributed by atoms with Gasteiger partial charge in [0.05, 0.1) is 30.7 Å². The predicted molar refractivity (Wildman–Crippen MR) is 113 cm³/mol. The number of ether oxygens (including phenoxy) is 2. The Hall–Kier alpha value is -4.00. The van der Waals surface area contributed by atoms with Crippen molar-refractivity contribution in [3.8, 4) is 23.4 Å². The number of methoxy groups -OCH3 is 1. The van der Waals surface area contributed by atoms with E-state index in [1.54, 1.807) is 23.2 Å². The average molecular weight is 453 g/mol. The lowest BCUT2D eigenvalue weighted by atomic mass is 10.0. The van der Waals surface area contributed by atoms with Crippen LogP contribution >= 0.6 is 0 Å². The highest BCUT2D eigenvalue weighted by molar-refractivity contribution is 6.00. The van der Waals surface area contributed by atoms with Crippen LogP contribution < -0.4 is 9.47 Å². The first-order valence-corrected chi connectivity index (χ1v) is 10.3. The highest BCUT2D eigenvalue weighted by Crippen LogP contribution is 2.35. The van der Waals surface area contributed by atoms with Gasteiger partial charge in [0.2, 0.25) is 0 Å². The first kappa shape index (κ1) is 22.2. The van der Waals surface area contributed by atoms with Crippen molar-refractivity contribution >= 4 is 5.91 Å². The number of nitrogens with zero attached hydrogens (tertiary/aromatic N) is 5. The highest BCUT2D eigenvalue weighted by Gasteiger charge is 2.30. The van der Waals surface area contributed by atoms with Gasteiger partial charge in [0.25, 0.3) is 5.91 Å². The molecule has 10 heteroatoms. The van der Waals surface area contributed by atoms with Crippen LogP contribution in [-0.4, -0.2) is 45.3 Å². The van der Waals surface area contributed by atoms with E-state index in [1.165, 1.54) is 11.8 Å². The van der Waals surface area contributed by atoms with Gasteiger partial charge in [-0.3, -0.25) is 4.79 Å². The topological polar surface area (TPSA) is 93.3 Å². The summed E-state index contributed by atoms with van der Waals surface area (Å²) < 4.78 is 39.8. The standard InChI is InChI=1S/C23H21F2N5O3/c1-13(2)33-19-5-4-14(9-26)21(32-3)20(19)23(31)29-7-6-18-15(11-29)12-30(28-18)22-17(25)8-16(24)10-27-22/h4-5,8,10,12-13H,6-7,11H2,1-3H3. The van der Waals surface area contributed by atoms with Gasteiger partial charge in [-0.2, -0.15) is 10.4 Å². The molecule has 0 atom stereocenters. The molecule has 0 saturated heterocycles. The maximum absolute atomic E-state index is 14.1. The summed E-state index contributed by atoms with van der Waals surface area (Å²) in [4.78, 5) is 18.9. The quantitative estimate of drug-likeness (QED) is 0.588. The van der Waals surface area contributed by atoms with Crippen molar-refractivity contribution in [3.05, 3.63) is 64.6 Å². The van der Waals surface area contributed by atoms with Crippen molar-refractivity contribution in [2.75, 3.05) is 13.7 Å². The molecule has 0 unspecified atom stereocenters. The molecule has 0 fully saturated rings. The molecule has 33 heavy (non-hydrogen) atoms. The minimum absolute atomic E-state index is 0.125. The summed E-state index contributed by atoms with van der Waals surface area (Å²) in [5.74, 6) is -1.62. The molecule has 1 amide bonds. The van der Waals surface area contributed by atoms with Crippen LogP contribution in [-0.2, 0) is 13.0 Å². The second-order valence-corrected chi connectivity index (χ2v) is 7.78. The monoisotopic (exact) mass is 453 g/mol. The highest BCUT2D eigenvalue weighted by atomic mass is 19.1. The molecule has 4 rings (SSSR count). The molecule has 8 nitrogen and oxygen atoms in total. The lowest BCUT2D eigenvalue weighted by Gasteiger charge is -2.28. The Morgan fingerprint density at radius 1 is 1.30 bits per heavy atom. The molecule has 0 radical (unpaired) electrons. The summed E-state index contributed by atoms with van der Waals surface area (Å²) in [7, 11) is 1.40. The number of nitriles is 1. The Morgan fingerprint density at radius 3 is 2.76 bits per heavy atom. The zero-order valence-corrected chi connectivity index (χ0v) is 18.3. The van der Waals surface area contributed by atoms with Crippen LogP contribution in [0.25, 0.3) is 5.82 Å². The van der Waals surface area contributed by atoms with Crippen LogP contribution in [0.15, 0.2) is 30.6 Å². The lowest BCUT2D eigenvalue weighted by molar-refractivity contribution is 0.0724. The molecule has 0 bridgehead atoms. The number of rotatable bonds is 5. The van der Waals surface area contributed by atoms with E-state index in [0.717, 1.165) is 12.3 Å². The van der Waals surface area contributed by atoms with Gasteiger partial charge in [0.15, 0.2) is 17.4 Å². The number of carbonyl (C=O) groups excluding carboxylic acids is 1. The van der Waals surface area contributed by atoms with E-state index in [4.69, 9.17) is 9.47 Å². The Balaban J connectivity index is 1.67. The molecule has 0 N–H and O–H groups in total. The fourth-order valence-electron chi connectivity index (χ4n) is 3.75. The largest absolute Gasteiger partial charge is 0.494 e. The lowest BCUT2D eigenvalue weighted by Crippen LogP contribution is -2.36. The zero-order valence-electron chi connectivity index (χ0n) is 18.3. The van der Waals surface area contributed by atoms with Crippen LogP contribution in [0.1, 0.15) is 41.0 Å². The molecule has 0 saturated carbocycles. The molecule has 3 heterocycles. The molecule has 0 aliphatic carbocycles. The van der Waals surface area contributed by atoms with Crippen LogP contribution in [0.3, 0.4) is 0 Å². The Kier molecular flexibility index (Phi) is 5.96. The molecule has 1 aliphatic heterocycles. The van der Waals surface area contributed by atoms with Crippen LogP contribution in [0.5, 0.6) is 11.5 Å². The molecular weight excluding hydrogens is 432 g/mol. The second kappa shape index (κ2) is 8.86. The second-order valence-electron chi connectivity index (χ2n) is 7.78. The first-order chi connectivity index (χ1) is 15.8. The Bertz CT molecular complexity index is 1270. The summed E-state index contributed by atoms with van der Waals surface area (Å²) >= 11 is 0. The maximum atomic E-state index is 14.1. The SMILES string of the molecule is COc1c(C#N)ccc(OC(C)C)c1C(=O)N1CCc2nn(-c3ncc(F)cc3F)cc2C1. The molecule has 1 aliphatic rings. The number of halogens is 2. The molecule has 0 spiro atoms.